The highest BCUT2D eigenvalue weighted by Gasteiger charge is 2.40. The number of hydrogen-bond donors (Lipinski definition) is 2. The first-order valence-corrected chi connectivity index (χ1v) is 10.2. The molecular formula is C21H20BrN3O3. The number of imide groups is 1. The van der Waals surface area contributed by atoms with Crippen molar-refractivity contribution in [2.24, 2.45) is 0 Å². The molecule has 0 saturated heterocycles. The minimum atomic E-state index is -0.414. The SMILES string of the molecule is O=C(Nc1ccc(Br)cc1)Nc1ccc2c(c1)C(=O)N(C1CCCCC1)C2=O. The van der Waals surface area contributed by atoms with Crippen LogP contribution in [0.4, 0.5) is 16.2 Å². The van der Waals surface area contributed by atoms with Crippen LogP contribution in [0.3, 0.4) is 0 Å². The molecule has 0 unspecified atom stereocenters. The highest BCUT2D eigenvalue weighted by atomic mass is 79.9. The van der Waals surface area contributed by atoms with E-state index in [4.69, 9.17) is 0 Å². The van der Waals surface area contributed by atoms with E-state index in [9.17, 15) is 14.4 Å². The summed E-state index contributed by atoms with van der Waals surface area (Å²) in [6, 6.07) is 11.6. The van der Waals surface area contributed by atoms with Crippen molar-refractivity contribution in [3.8, 4) is 0 Å². The lowest BCUT2D eigenvalue weighted by Gasteiger charge is -2.29. The molecule has 1 saturated carbocycles. The van der Waals surface area contributed by atoms with Crippen LogP contribution in [0.5, 0.6) is 0 Å². The quantitative estimate of drug-likeness (QED) is 0.656. The fourth-order valence-electron chi connectivity index (χ4n) is 3.83. The molecule has 0 radical (unpaired) electrons. The van der Waals surface area contributed by atoms with E-state index >= 15 is 0 Å². The number of benzene rings is 2. The number of nitrogens with one attached hydrogen (secondary N) is 2. The maximum Gasteiger partial charge on any atom is 0.323 e. The lowest BCUT2D eigenvalue weighted by molar-refractivity contribution is 0.0549. The molecule has 1 aliphatic carbocycles. The molecule has 1 aliphatic heterocycles. The van der Waals surface area contributed by atoms with E-state index in [0.717, 1.165) is 36.6 Å². The van der Waals surface area contributed by atoms with Crippen LogP contribution in [0.15, 0.2) is 46.9 Å². The summed E-state index contributed by atoms with van der Waals surface area (Å²) in [6.45, 7) is 0. The summed E-state index contributed by atoms with van der Waals surface area (Å²) in [6.07, 6.45) is 4.97. The van der Waals surface area contributed by atoms with Gasteiger partial charge in [0, 0.05) is 21.9 Å². The molecule has 2 aromatic rings. The molecule has 1 heterocycles. The van der Waals surface area contributed by atoms with E-state index in [1.807, 2.05) is 12.1 Å². The Morgan fingerprint density at radius 2 is 1.46 bits per heavy atom. The molecule has 2 N–H and O–H groups in total. The van der Waals surface area contributed by atoms with E-state index in [0.29, 0.717) is 22.5 Å². The largest absolute Gasteiger partial charge is 0.323 e. The van der Waals surface area contributed by atoms with Crippen LogP contribution in [0.2, 0.25) is 0 Å². The Labute approximate surface area is 171 Å². The van der Waals surface area contributed by atoms with Crippen LogP contribution in [-0.2, 0) is 0 Å². The molecule has 0 bridgehead atoms. The minimum absolute atomic E-state index is 0.0155. The van der Waals surface area contributed by atoms with E-state index < -0.39 is 6.03 Å². The number of amides is 4. The number of hydrogen-bond acceptors (Lipinski definition) is 3. The van der Waals surface area contributed by atoms with Gasteiger partial charge < -0.3 is 10.6 Å². The number of carbonyl (C=O) groups is 3. The van der Waals surface area contributed by atoms with Gasteiger partial charge in [-0.25, -0.2) is 4.79 Å². The smallest absolute Gasteiger partial charge is 0.308 e. The molecule has 28 heavy (non-hydrogen) atoms. The summed E-state index contributed by atoms with van der Waals surface area (Å²) in [5, 5.41) is 5.45. The first kappa shape index (κ1) is 18.7. The van der Waals surface area contributed by atoms with Crippen molar-refractivity contribution >= 4 is 45.2 Å². The predicted octanol–water partition coefficient (Wildman–Crippen LogP) is 5.02. The van der Waals surface area contributed by atoms with Gasteiger partial charge in [0.05, 0.1) is 11.1 Å². The number of rotatable bonds is 3. The average Bonchev–Trinajstić information content (AvgIpc) is 2.94. The van der Waals surface area contributed by atoms with Crippen molar-refractivity contribution < 1.29 is 14.4 Å². The Balaban J connectivity index is 1.48. The zero-order valence-electron chi connectivity index (χ0n) is 15.2. The normalized spacial score (nSPS) is 16.8. The van der Waals surface area contributed by atoms with Crippen LogP contribution in [0, 0.1) is 0 Å². The van der Waals surface area contributed by atoms with Crippen molar-refractivity contribution in [1.29, 1.82) is 0 Å². The zero-order chi connectivity index (χ0) is 19.7. The van der Waals surface area contributed by atoms with Gasteiger partial charge in [-0.2, -0.15) is 0 Å². The van der Waals surface area contributed by atoms with Gasteiger partial charge >= 0.3 is 6.03 Å². The fourth-order valence-corrected chi connectivity index (χ4v) is 4.10. The average molecular weight is 442 g/mol. The summed E-state index contributed by atoms with van der Waals surface area (Å²) < 4.78 is 0.919. The van der Waals surface area contributed by atoms with Gasteiger partial charge in [0.1, 0.15) is 0 Å². The Kier molecular flexibility index (Phi) is 5.17. The van der Waals surface area contributed by atoms with Gasteiger partial charge in [0.2, 0.25) is 0 Å². The van der Waals surface area contributed by atoms with E-state index in [2.05, 4.69) is 26.6 Å². The van der Waals surface area contributed by atoms with Crippen LogP contribution in [-0.4, -0.2) is 28.8 Å². The van der Waals surface area contributed by atoms with E-state index in [1.165, 1.54) is 4.90 Å². The third-order valence-electron chi connectivity index (χ3n) is 5.22. The predicted molar refractivity (Wildman–Crippen MR) is 111 cm³/mol. The zero-order valence-corrected chi connectivity index (χ0v) is 16.8. The van der Waals surface area contributed by atoms with E-state index in [-0.39, 0.29) is 17.9 Å². The molecule has 2 aromatic carbocycles. The monoisotopic (exact) mass is 441 g/mol. The van der Waals surface area contributed by atoms with E-state index in [1.54, 1.807) is 30.3 Å². The fraction of sp³-hybridized carbons (Fsp3) is 0.286. The standard InChI is InChI=1S/C21H20BrN3O3/c22-13-6-8-14(9-7-13)23-21(28)24-15-10-11-17-18(12-15)20(27)25(19(17)26)16-4-2-1-3-5-16/h6-12,16H,1-5H2,(H2,23,24,28). The molecule has 4 amide bonds. The number of carbonyl (C=O) groups excluding carboxylic acids is 3. The highest BCUT2D eigenvalue weighted by molar-refractivity contribution is 9.10. The van der Waals surface area contributed by atoms with Crippen LogP contribution in [0.25, 0.3) is 0 Å². The van der Waals surface area contributed by atoms with Crippen LogP contribution in [0.1, 0.15) is 52.8 Å². The third kappa shape index (κ3) is 3.67. The molecular weight excluding hydrogens is 422 g/mol. The van der Waals surface area contributed by atoms with Crippen LogP contribution >= 0.6 is 15.9 Å². The number of nitrogens with zero attached hydrogens (tertiary/aromatic N) is 1. The maximum atomic E-state index is 12.8. The van der Waals surface area contributed by atoms with Crippen molar-refractivity contribution in [2.75, 3.05) is 10.6 Å². The lowest BCUT2D eigenvalue weighted by Crippen LogP contribution is -2.40. The van der Waals surface area contributed by atoms with Crippen molar-refractivity contribution in [1.82, 2.24) is 4.90 Å². The highest BCUT2D eigenvalue weighted by Crippen LogP contribution is 2.32. The summed E-state index contributed by atoms with van der Waals surface area (Å²) in [5.74, 6) is -0.485. The minimum Gasteiger partial charge on any atom is -0.308 e. The molecule has 144 valence electrons. The molecule has 0 atom stereocenters. The topological polar surface area (TPSA) is 78.5 Å². The molecule has 7 heteroatoms. The number of anilines is 2. The second kappa shape index (κ2) is 7.75. The van der Waals surface area contributed by atoms with Crippen molar-refractivity contribution in [2.45, 2.75) is 38.1 Å². The molecule has 0 aromatic heterocycles. The molecule has 6 nitrogen and oxygen atoms in total. The molecule has 2 aliphatic rings. The van der Waals surface area contributed by atoms with Crippen molar-refractivity contribution in [3.63, 3.8) is 0 Å². The van der Waals surface area contributed by atoms with Gasteiger partial charge in [-0.1, -0.05) is 35.2 Å². The maximum absolute atomic E-state index is 12.8. The first-order chi connectivity index (χ1) is 13.5. The molecule has 1 fully saturated rings. The van der Waals surface area contributed by atoms with Gasteiger partial charge in [0.15, 0.2) is 0 Å². The summed E-state index contributed by atoms with van der Waals surface area (Å²) in [7, 11) is 0. The number of halogens is 1. The Morgan fingerprint density at radius 1 is 0.857 bits per heavy atom. The Morgan fingerprint density at radius 3 is 2.18 bits per heavy atom. The summed E-state index contributed by atoms with van der Waals surface area (Å²) in [5.41, 5.74) is 1.89. The third-order valence-corrected chi connectivity index (χ3v) is 5.75. The number of fused-ring (bicyclic) bond motifs is 1. The second-order valence-electron chi connectivity index (χ2n) is 7.12. The summed E-state index contributed by atoms with van der Waals surface area (Å²) >= 11 is 3.35. The van der Waals surface area contributed by atoms with Gasteiger partial charge in [-0.05, 0) is 55.3 Å². The summed E-state index contributed by atoms with van der Waals surface area (Å²) in [4.78, 5) is 39.2. The first-order valence-electron chi connectivity index (χ1n) is 9.38. The van der Waals surface area contributed by atoms with Crippen LogP contribution < -0.4 is 10.6 Å². The van der Waals surface area contributed by atoms with Crippen molar-refractivity contribution in [3.05, 3.63) is 58.1 Å². The Hall–Kier alpha value is -2.67. The Bertz CT molecular complexity index is 936. The number of urea groups is 1. The van der Waals surface area contributed by atoms with Gasteiger partial charge in [0.25, 0.3) is 11.8 Å². The second-order valence-corrected chi connectivity index (χ2v) is 8.03. The molecule has 0 spiro atoms. The lowest BCUT2D eigenvalue weighted by atomic mass is 9.94. The van der Waals surface area contributed by atoms with Gasteiger partial charge in [-0.15, -0.1) is 0 Å². The van der Waals surface area contributed by atoms with Gasteiger partial charge in [-0.3, -0.25) is 14.5 Å². The molecule has 4 rings (SSSR count).